The van der Waals surface area contributed by atoms with Crippen LogP contribution >= 0.6 is 34.5 Å². The van der Waals surface area contributed by atoms with Gasteiger partial charge in [0.1, 0.15) is 0 Å². The maximum Gasteiger partial charge on any atom is 0.180 e. The Labute approximate surface area is 133 Å². The molecule has 0 fully saturated rings. The van der Waals surface area contributed by atoms with Crippen molar-refractivity contribution >= 4 is 39.7 Å². The van der Waals surface area contributed by atoms with Crippen LogP contribution < -0.4 is 5.73 Å². The highest BCUT2D eigenvalue weighted by Crippen LogP contribution is 2.25. The molecule has 0 radical (unpaired) electrons. The van der Waals surface area contributed by atoms with Crippen LogP contribution in [-0.4, -0.2) is 15.9 Å². The Morgan fingerprint density at radius 3 is 2.55 bits per heavy atom. The fourth-order valence-electron chi connectivity index (χ4n) is 1.89. The van der Waals surface area contributed by atoms with Crippen molar-refractivity contribution in [3.8, 4) is 0 Å². The smallest absolute Gasteiger partial charge is 0.180 e. The van der Waals surface area contributed by atoms with Crippen LogP contribution in [0.5, 0.6) is 0 Å². The van der Waals surface area contributed by atoms with Gasteiger partial charge in [-0.25, -0.2) is 4.98 Å². The largest absolute Gasteiger partial charge is 0.375 e. The lowest BCUT2D eigenvalue weighted by Crippen LogP contribution is -2.29. The van der Waals surface area contributed by atoms with Gasteiger partial charge in [0, 0.05) is 30.2 Å². The predicted octanol–water partition coefficient (Wildman–Crippen LogP) is 4.44. The number of halogens is 2. The van der Waals surface area contributed by atoms with E-state index in [9.17, 15) is 0 Å². The van der Waals surface area contributed by atoms with E-state index in [2.05, 4.69) is 23.7 Å². The molecule has 1 aromatic heterocycles. The molecule has 2 N–H and O–H groups in total. The summed E-state index contributed by atoms with van der Waals surface area (Å²) in [5.74, 6) is 0. The molecule has 6 heteroatoms. The first-order chi connectivity index (χ1) is 9.45. The minimum atomic E-state index is 0.410. The van der Waals surface area contributed by atoms with Crippen molar-refractivity contribution in [3.63, 3.8) is 0 Å². The number of thiazole rings is 1. The van der Waals surface area contributed by atoms with Gasteiger partial charge in [-0.1, -0.05) is 29.3 Å². The van der Waals surface area contributed by atoms with Crippen LogP contribution in [0.4, 0.5) is 5.13 Å². The third-order valence-corrected chi connectivity index (χ3v) is 4.58. The first-order valence-electron chi connectivity index (χ1n) is 6.34. The number of benzene rings is 1. The van der Waals surface area contributed by atoms with Gasteiger partial charge >= 0.3 is 0 Å². The highest BCUT2D eigenvalue weighted by Gasteiger charge is 2.13. The highest BCUT2D eigenvalue weighted by molar-refractivity contribution is 7.15. The lowest BCUT2D eigenvalue weighted by Gasteiger charge is -2.26. The standard InChI is InChI=1S/C14H17Cl2N3S/c1-9(2)19(8-11-6-18-14(17)20-11)7-10-3-4-12(15)13(16)5-10/h3-6,9H,7-8H2,1-2H3,(H2,17,18). The van der Waals surface area contributed by atoms with Gasteiger partial charge in [-0.2, -0.15) is 0 Å². The number of anilines is 1. The van der Waals surface area contributed by atoms with E-state index in [1.165, 1.54) is 11.3 Å². The number of rotatable bonds is 5. The molecule has 1 heterocycles. The molecule has 0 aliphatic rings. The van der Waals surface area contributed by atoms with Gasteiger partial charge in [-0.05, 0) is 31.5 Å². The summed E-state index contributed by atoms with van der Waals surface area (Å²) >= 11 is 13.5. The van der Waals surface area contributed by atoms with Crippen LogP contribution in [-0.2, 0) is 13.1 Å². The Balaban J connectivity index is 2.10. The van der Waals surface area contributed by atoms with Crippen molar-refractivity contribution < 1.29 is 0 Å². The SMILES string of the molecule is CC(C)N(Cc1ccc(Cl)c(Cl)c1)Cc1cnc(N)s1. The molecule has 0 aliphatic heterocycles. The normalized spacial score (nSPS) is 11.5. The van der Waals surface area contributed by atoms with Gasteiger partial charge in [0.05, 0.1) is 10.0 Å². The molecule has 0 saturated carbocycles. The lowest BCUT2D eigenvalue weighted by molar-refractivity contribution is 0.205. The zero-order valence-electron chi connectivity index (χ0n) is 11.4. The number of aromatic nitrogens is 1. The van der Waals surface area contributed by atoms with Crippen LogP contribution in [0, 0.1) is 0 Å². The lowest BCUT2D eigenvalue weighted by atomic mass is 10.2. The second-order valence-corrected chi connectivity index (χ2v) is 6.87. The summed E-state index contributed by atoms with van der Waals surface area (Å²) in [5.41, 5.74) is 6.82. The summed E-state index contributed by atoms with van der Waals surface area (Å²) < 4.78 is 0. The fraction of sp³-hybridized carbons (Fsp3) is 0.357. The fourth-order valence-corrected chi connectivity index (χ4v) is 2.92. The molecule has 0 unspecified atom stereocenters. The zero-order chi connectivity index (χ0) is 14.7. The van der Waals surface area contributed by atoms with Crippen molar-refractivity contribution in [2.24, 2.45) is 0 Å². The Morgan fingerprint density at radius 2 is 2.00 bits per heavy atom. The van der Waals surface area contributed by atoms with E-state index < -0.39 is 0 Å². The maximum atomic E-state index is 6.07. The maximum absolute atomic E-state index is 6.07. The highest BCUT2D eigenvalue weighted by atomic mass is 35.5. The molecule has 20 heavy (non-hydrogen) atoms. The quantitative estimate of drug-likeness (QED) is 0.881. The van der Waals surface area contributed by atoms with Gasteiger partial charge in [-0.15, -0.1) is 11.3 Å². The van der Waals surface area contributed by atoms with Gasteiger partial charge in [-0.3, -0.25) is 4.90 Å². The average Bonchev–Trinajstić information content (AvgIpc) is 2.78. The first-order valence-corrected chi connectivity index (χ1v) is 7.91. The molecule has 0 bridgehead atoms. The van der Waals surface area contributed by atoms with E-state index in [1.807, 2.05) is 24.4 Å². The second-order valence-electron chi connectivity index (χ2n) is 4.91. The Hall–Kier alpha value is -0.810. The molecule has 0 amide bonds. The van der Waals surface area contributed by atoms with E-state index in [-0.39, 0.29) is 0 Å². The van der Waals surface area contributed by atoms with Crippen molar-refractivity contribution in [3.05, 3.63) is 44.9 Å². The summed E-state index contributed by atoms with van der Waals surface area (Å²) in [5, 5.41) is 1.79. The minimum absolute atomic E-state index is 0.410. The van der Waals surface area contributed by atoms with E-state index in [4.69, 9.17) is 28.9 Å². The van der Waals surface area contributed by atoms with Gasteiger partial charge in [0.25, 0.3) is 0 Å². The predicted molar refractivity (Wildman–Crippen MR) is 87.4 cm³/mol. The van der Waals surface area contributed by atoms with Gasteiger partial charge < -0.3 is 5.73 Å². The van der Waals surface area contributed by atoms with E-state index >= 15 is 0 Å². The van der Waals surface area contributed by atoms with Crippen LogP contribution in [0.3, 0.4) is 0 Å². The third kappa shape index (κ3) is 4.09. The summed E-state index contributed by atoms with van der Waals surface area (Å²) in [7, 11) is 0. The molecule has 1 aromatic carbocycles. The van der Waals surface area contributed by atoms with Crippen LogP contribution in [0.1, 0.15) is 24.3 Å². The number of nitrogens with two attached hydrogens (primary N) is 1. The second kappa shape index (κ2) is 6.76. The van der Waals surface area contributed by atoms with Crippen molar-refractivity contribution in [1.82, 2.24) is 9.88 Å². The Morgan fingerprint density at radius 1 is 1.25 bits per heavy atom. The first kappa shape index (κ1) is 15.6. The van der Waals surface area contributed by atoms with Crippen LogP contribution in [0.2, 0.25) is 10.0 Å². The van der Waals surface area contributed by atoms with E-state index in [0.29, 0.717) is 21.2 Å². The van der Waals surface area contributed by atoms with Gasteiger partial charge in [0.15, 0.2) is 5.13 Å². The Bertz CT molecular complexity index is 584. The summed E-state index contributed by atoms with van der Waals surface area (Å²) in [6.07, 6.45) is 1.84. The molecule has 0 atom stereocenters. The van der Waals surface area contributed by atoms with E-state index in [1.54, 1.807) is 0 Å². The third-order valence-electron chi connectivity index (χ3n) is 3.03. The van der Waals surface area contributed by atoms with Crippen molar-refractivity contribution in [2.45, 2.75) is 33.0 Å². The number of nitrogens with zero attached hydrogens (tertiary/aromatic N) is 2. The molecule has 2 aromatic rings. The average molecular weight is 330 g/mol. The molecule has 0 spiro atoms. The molecule has 0 saturated heterocycles. The monoisotopic (exact) mass is 329 g/mol. The molecular weight excluding hydrogens is 313 g/mol. The van der Waals surface area contributed by atoms with Crippen LogP contribution in [0.25, 0.3) is 0 Å². The number of nitrogen functional groups attached to an aromatic ring is 1. The molecule has 108 valence electrons. The topological polar surface area (TPSA) is 42.2 Å². The molecule has 2 rings (SSSR count). The number of hydrogen-bond donors (Lipinski definition) is 1. The summed E-state index contributed by atoms with van der Waals surface area (Å²) in [6.45, 7) is 5.98. The van der Waals surface area contributed by atoms with E-state index in [0.717, 1.165) is 23.5 Å². The molecule has 3 nitrogen and oxygen atoms in total. The summed E-state index contributed by atoms with van der Waals surface area (Å²) in [6, 6.07) is 6.17. The minimum Gasteiger partial charge on any atom is -0.375 e. The van der Waals surface area contributed by atoms with Gasteiger partial charge in [0.2, 0.25) is 0 Å². The molecule has 0 aliphatic carbocycles. The van der Waals surface area contributed by atoms with Crippen molar-refractivity contribution in [2.75, 3.05) is 5.73 Å². The zero-order valence-corrected chi connectivity index (χ0v) is 13.8. The summed E-state index contributed by atoms with van der Waals surface area (Å²) in [4.78, 5) is 7.60. The Kier molecular flexibility index (Phi) is 5.27. The van der Waals surface area contributed by atoms with Crippen molar-refractivity contribution in [1.29, 1.82) is 0 Å². The van der Waals surface area contributed by atoms with Crippen LogP contribution in [0.15, 0.2) is 24.4 Å². The number of hydrogen-bond acceptors (Lipinski definition) is 4. The molecular formula is C14H17Cl2N3S.